The number of hydrogen-bond donors (Lipinski definition) is 1. The molecule has 0 saturated heterocycles. The van der Waals surface area contributed by atoms with Crippen molar-refractivity contribution in [1.29, 1.82) is 0 Å². The van der Waals surface area contributed by atoms with Crippen molar-refractivity contribution in [2.75, 3.05) is 0 Å². The number of carbonyl (C=O) groups excluding carboxylic acids is 1. The summed E-state index contributed by atoms with van der Waals surface area (Å²) in [6.45, 7) is 0. The maximum Gasteiger partial charge on any atom is 0.416 e. The van der Waals surface area contributed by atoms with Gasteiger partial charge < -0.3 is 5.73 Å². The molecule has 1 amide bonds. The fraction of sp³-hybridized carbons (Fsp3) is 0.105. The van der Waals surface area contributed by atoms with Crippen LogP contribution in [0.1, 0.15) is 21.6 Å². The van der Waals surface area contributed by atoms with Gasteiger partial charge in [-0.25, -0.2) is 9.97 Å². The topological polar surface area (TPSA) is 68.9 Å². The van der Waals surface area contributed by atoms with Crippen LogP contribution in [0.3, 0.4) is 0 Å². The van der Waals surface area contributed by atoms with Gasteiger partial charge in [0.25, 0.3) is 5.91 Å². The van der Waals surface area contributed by atoms with Crippen LogP contribution in [-0.4, -0.2) is 15.9 Å². The molecule has 2 N–H and O–H groups in total. The molecule has 29 heavy (non-hydrogen) atoms. The highest BCUT2D eigenvalue weighted by molar-refractivity contribution is 5.92. The van der Waals surface area contributed by atoms with Crippen molar-refractivity contribution >= 4 is 5.91 Å². The first-order valence-electron chi connectivity index (χ1n) is 7.99. The number of nitrogens with two attached hydrogens (primary N) is 1. The summed E-state index contributed by atoms with van der Waals surface area (Å²) >= 11 is 0. The molecule has 0 fully saturated rings. The average Bonchev–Trinajstić information content (AvgIpc) is 2.66. The van der Waals surface area contributed by atoms with Crippen LogP contribution in [0.5, 0.6) is 0 Å². The molecule has 1 aromatic heterocycles. The lowest BCUT2D eigenvalue weighted by Gasteiger charge is -2.11. The van der Waals surface area contributed by atoms with Crippen LogP contribution >= 0.6 is 0 Å². The van der Waals surface area contributed by atoms with E-state index in [0.29, 0.717) is 0 Å². The second-order valence-electron chi connectivity index (χ2n) is 5.98. The Labute approximate surface area is 160 Å². The second-order valence-corrected chi connectivity index (χ2v) is 5.98. The summed E-state index contributed by atoms with van der Waals surface area (Å²) in [7, 11) is 0. The van der Waals surface area contributed by atoms with E-state index in [1.807, 2.05) is 0 Å². The number of halogens is 6. The van der Waals surface area contributed by atoms with E-state index in [1.54, 1.807) is 0 Å². The van der Waals surface area contributed by atoms with Crippen molar-refractivity contribution < 1.29 is 31.1 Å². The smallest absolute Gasteiger partial charge is 0.364 e. The highest BCUT2D eigenvalue weighted by atomic mass is 19.4. The van der Waals surface area contributed by atoms with Crippen molar-refractivity contribution in [2.45, 2.75) is 12.4 Å². The number of alkyl halides is 6. The Balaban J connectivity index is 2.11. The molecule has 0 unspecified atom stereocenters. The number of rotatable bonds is 3. The summed E-state index contributed by atoms with van der Waals surface area (Å²) in [6.07, 6.45) is -9.14. The zero-order valence-electron chi connectivity index (χ0n) is 14.3. The molecule has 0 saturated carbocycles. The van der Waals surface area contributed by atoms with Crippen LogP contribution in [0.2, 0.25) is 0 Å². The number of amides is 1. The van der Waals surface area contributed by atoms with Gasteiger partial charge in [0.2, 0.25) is 0 Å². The lowest BCUT2D eigenvalue weighted by molar-refractivity contribution is -0.138. The Bertz CT molecular complexity index is 1060. The van der Waals surface area contributed by atoms with Crippen molar-refractivity contribution in [2.24, 2.45) is 5.73 Å². The second kappa shape index (κ2) is 7.19. The summed E-state index contributed by atoms with van der Waals surface area (Å²) in [5, 5.41) is 0. The van der Waals surface area contributed by atoms with E-state index in [1.165, 1.54) is 6.07 Å². The van der Waals surface area contributed by atoms with Crippen LogP contribution in [-0.2, 0) is 12.4 Å². The van der Waals surface area contributed by atoms with Gasteiger partial charge in [-0.1, -0.05) is 24.3 Å². The molecule has 0 aliphatic heterocycles. The highest BCUT2D eigenvalue weighted by Crippen LogP contribution is 2.33. The summed E-state index contributed by atoms with van der Waals surface area (Å²) in [5.74, 6) is -1.18. The number of aromatic nitrogens is 2. The van der Waals surface area contributed by atoms with Gasteiger partial charge in [0.15, 0.2) is 5.82 Å². The van der Waals surface area contributed by atoms with E-state index in [9.17, 15) is 31.1 Å². The molecule has 3 rings (SSSR count). The Morgan fingerprint density at radius 3 is 1.93 bits per heavy atom. The SMILES string of the molecule is NC(=O)c1cc(-c2ccc(C(F)(F)F)cc2)nc(-c2cccc(C(F)(F)F)c2)n1. The number of carbonyl (C=O) groups is 1. The monoisotopic (exact) mass is 411 g/mol. The Morgan fingerprint density at radius 2 is 1.38 bits per heavy atom. The minimum atomic E-state index is -4.60. The molecule has 0 atom stereocenters. The molecule has 0 bridgehead atoms. The number of hydrogen-bond acceptors (Lipinski definition) is 3. The van der Waals surface area contributed by atoms with Crippen molar-refractivity contribution in [3.8, 4) is 22.6 Å². The molecular formula is C19H11F6N3O. The minimum absolute atomic E-state index is 0.0314. The van der Waals surface area contributed by atoms with Gasteiger partial charge in [0, 0.05) is 11.1 Å². The quantitative estimate of drug-likeness (QED) is 0.621. The molecule has 0 spiro atoms. The predicted molar refractivity (Wildman–Crippen MR) is 91.4 cm³/mol. The third-order valence-corrected chi connectivity index (χ3v) is 3.93. The van der Waals surface area contributed by atoms with Crippen LogP contribution < -0.4 is 5.73 Å². The molecule has 0 aliphatic carbocycles. The van der Waals surface area contributed by atoms with Gasteiger partial charge in [0.05, 0.1) is 16.8 Å². The van der Waals surface area contributed by atoms with Crippen molar-refractivity contribution in [1.82, 2.24) is 9.97 Å². The molecule has 3 aromatic rings. The fourth-order valence-electron chi connectivity index (χ4n) is 2.52. The fourth-order valence-corrected chi connectivity index (χ4v) is 2.52. The van der Waals surface area contributed by atoms with E-state index in [2.05, 4.69) is 9.97 Å². The molecule has 10 heteroatoms. The lowest BCUT2D eigenvalue weighted by atomic mass is 10.1. The average molecular weight is 411 g/mol. The number of benzene rings is 2. The van der Waals surface area contributed by atoms with Crippen LogP contribution in [0.25, 0.3) is 22.6 Å². The van der Waals surface area contributed by atoms with Gasteiger partial charge in [-0.15, -0.1) is 0 Å². The van der Waals surface area contributed by atoms with E-state index in [0.717, 1.165) is 48.5 Å². The van der Waals surface area contributed by atoms with Crippen LogP contribution in [0.4, 0.5) is 26.3 Å². The molecule has 4 nitrogen and oxygen atoms in total. The Morgan fingerprint density at radius 1 is 0.759 bits per heavy atom. The maximum absolute atomic E-state index is 13.0. The zero-order chi connectivity index (χ0) is 21.4. The van der Waals surface area contributed by atoms with Crippen molar-refractivity contribution in [3.63, 3.8) is 0 Å². The van der Waals surface area contributed by atoms with Gasteiger partial charge in [-0.2, -0.15) is 26.3 Å². The maximum atomic E-state index is 13.0. The highest BCUT2D eigenvalue weighted by Gasteiger charge is 2.31. The molecule has 150 valence electrons. The standard InChI is InChI=1S/C19H11F6N3O/c20-18(21,22)12-6-4-10(5-7-12)14-9-15(16(26)29)28-17(27-14)11-2-1-3-13(8-11)19(23,24)25/h1-9H,(H2,26,29). The first kappa shape index (κ1) is 20.3. The third kappa shape index (κ3) is 4.53. The summed E-state index contributed by atoms with van der Waals surface area (Å²) in [6, 6.07) is 9.19. The number of primary amides is 1. The van der Waals surface area contributed by atoms with Gasteiger partial charge >= 0.3 is 12.4 Å². The van der Waals surface area contributed by atoms with E-state index in [-0.39, 0.29) is 28.3 Å². The molecule has 0 radical (unpaired) electrons. The molecule has 1 heterocycles. The molecular weight excluding hydrogens is 400 g/mol. The minimum Gasteiger partial charge on any atom is -0.364 e. The molecule has 2 aromatic carbocycles. The summed E-state index contributed by atoms with van der Waals surface area (Å²) in [4.78, 5) is 19.6. The van der Waals surface area contributed by atoms with Crippen molar-refractivity contribution in [3.05, 3.63) is 71.4 Å². The third-order valence-electron chi connectivity index (χ3n) is 3.93. The Kier molecular flexibility index (Phi) is 5.04. The lowest BCUT2D eigenvalue weighted by Crippen LogP contribution is -2.14. The van der Waals surface area contributed by atoms with E-state index in [4.69, 9.17) is 5.73 Å². The van der Waals surface area contributed by atoms with Gasteiger partial charge in [-0.05, 0) is 30.3 Å². The van der Waals surface area contributed by atoms with E-state index >= 15 is 0 Å². The zero-order valence-corrected chi connectivity index (χ0v) is 14.3. The first-order valence-corrected chi connectivity index (χ1v) is 7.99. The summed E-state index contributed by atoms with van der Waals surface area (Å²) < 4.78 is 77.1. The van der Waals surface area contributed by atoms with Gasteiger partial charge in [0.1, 0.15) is 5.69 Å². The summed E-state index contributed by atoms with van der Waals surface area (Å²) in [5.41, 5.74) is 3.32. The van der Waals surface area contributed by atoms with Crippen LogP contribution in [0.15, 0.2) is 54.6 Å². The van der Waals surface area contributed by atoms with E-state index < -0.39 is 29.4 Å². The predicted octanol–water partition coefficient (Wildman–Crippen LogP) is 4.95. The normalized spacial score (nSPS) is 12.1. The largest absolute Gasteiger partial charge is 0.416 e. The Hall–Kier alpha value is -3.43. The first-order chi connectivity index (χ1) is 13.4. The molecule has 0 aliphatic rings. The number of nitrogens with zero attached hydrogens (tertiary/aromatic N) is 2. The van der Waals surface area contributed by atoms with Gasteiger partial charge in [-0.3, -0.25) is 4.79 Å². The van der Waals surface area contributed by atoms with Crippen LogP contribution in [0, 0.1) is 0 Å².